The van der Waals surface area contributed by atoms with E-state index in [4.69, 9.17) is 10.5 Å². The molecule has 2 amide bonds. The van der Waals surface area contributed by atoms with E-state index in [0.29, 0.717) is 31.1 Å². The van der Waals surface area contributed by atoms with Crippen LogP contribution in [0.25, 0.3) is 11.3 Å². The molecule has 3 aromatic rings. The summed E-state index contributed by atoms with van der Waals surface area (Å²) in [7, 11) is 0. The molecule has 4 rings (SSSR count). The van der Waals surface area contributed by atoms with E-state index >= 15 is 0 Å². The number of azo groups is 1. The molecule has 7 nitrogen and oxygen atoms in total. The highest BCUT2D eigenvalue weighted by Gasteiger charge is 2.43. The van der Waals surface area contributed by atoms with Crippen LogP contribution in [0.1, 0.15) is 64.2 Å². The summed E-state index contributed by atoms with van der Waals surface area (Å²) < 4.78 is 5.49. The Morgan fingerprint density at radius 3 is 2.24 bits per heavy atom. The van der Waals surface area contributed by atoms with Gasteiger partial charge in [0.25, 0.3) is 0 Å². The van der Waals surface area contributed by atoms with Gasteiger partial charge in [-0.1, -0.05) is 74.4 Å². The summed E-state index contributed by atoms with van der Waals surface area (Å²) in [5.74, 6) is 1.00. The van der Waals surface area contributed by atoms with Crippen LogP contribution in [0.2, 0.25) is 0 Å². The smallest absolute Gasteiger partial charge is 0.363 e. The van der Waals surface area contributed by atoms with Crippen molar-refractivity contribution in [3.8, 4) is 17.0 Å². The molecular weight excluding hydrogens is 474 g/mol. The quantitative estimate of drug-likeness (QED) is 0.310. The van der Waals surface area contributed by atoms with Crippen molar-refractivity contribution in [1.29, 1.82) is 0 Å². The van der Waals surface area contributed by atoms with E-state index in [0.717, 1.165) is 36.1 Å². The zero-order valence-electron chi connectivity index (χ0n) is 23.2. The maximum Gasteiger partial charge on any atom is 0.363 e. The number of hydrogen-bond acceptors (Lipinski definition) is 5. The second-order valence-corrected chi connectivity index (χ2v) is 10.9. The highest BCUT2D eigenvalue weighted by Crippen LogP contribution is 2.35. The standard InChI is InChI=1S/C31H39N5O2/c1-6-36-29(37)34-35-31(36,21-23-12-16-25(17-13-23)30(3,4)5)20-8-9-22-10-14-24(15-11-22)26-18-19-27(38-7-2)28(32)33-26/h10-19H,6-9,20-21H2,1-5H3,(H2,32,33). The summed E-state index contributed by atoms with van der Waals surface area (Å²) in [5, 5.41) is 8.53. The van der Waals surface area contributed by atoms with Crippen LogP contribution in [-0.4, -0.2) is 34.7 Å². The zero-order valence-corrected chi connectivity index (χ0v) is 23.2. The fourth-order valence-corrected chi connectivity index (χ4v) is 5.02. The lowest BCUT2D eigenvalue weighted by atomic mass is 9.85. The molecule has 1 aliphatic rings. The fourth-order valence-electron chi connectivity index (χ4n) is 5.02. The van der Waals surface area contributed by atoms with Crippen molar-refractivity contribution in [2.45, 2.75) is 71.4 Å². The third-order valence-corrected chi connectivity index (χ3v) is 7.16. The van der Waals surface area contributed by atoms with Gasteiger partial charge in [0, 0.05) is 18.5 Å². The highest BCUT2D eigenvalue weighted by atomic mass is 16.5. The Balaban J connectivity index is 1.44. The van der Waals surface area contributed by atoms with Gasteiger partial charge in [-0.3, -0.25) is 4.90 Å². The van der Waals surface area contributed by atoms with Gasteiger partial charge in [-0.15, -0.1) is 0 Å². The highest BCUT2D eigenvalue weighted by molar-refractivity contribution is 5.77. The van der Waals surface area contributed by atoms with Crippen molar-refractivity contribution in [2.75, 3.05) is 18.9 Å². The lowest BCUT2D eigenvalue weighted by molar-refractivity contribution is 0.138. The number of carbonyl (C=O) groups is 1. The number of benzene rings is 2. The lowest BCUT2D eigenvalue weighted by Gasteiger charge is -2.34. The van der Waals surface area contributed by atoms with Gasteiger partial charge in [-0.05, 0) is 67.3 Å². The number of nitrogens with two attached hydrogens (primary N) is 1. The van der Waals surface area contributed by atoms with Crippen LogP contribution < -0.4 is 10.5 Å². The molecule has 1 aliphatic heterocycles. The molecule has 0 radical (unpaired) electrons. The number of nitrogens with zero attached hydrogens (tertiary/aromatic N) is 4. The molecule has 0 aliphatic carbocycles. The van der Waals surface area contributed by atoms with Crippen LogP contribution in [0.4, 0.5) is 10.6 Å². The number of aryl methyl sites for hydroxylation is 1. The molecular formula is C31H39N5O2. The van der Waals surface area contributed by atoms with E-state index < -0.39 is 5.66 Å². The number of aromatic nitrogens is 1. The predicted octanol–water partition coefficient (Wildman–Crippen LogP) is 7.20. The van der Waals surface area contributed by atoms with Crippen molar-refractivity contribution >= 4 is 11.8 Å². The monoisotopic (exact) mass is 513 g/mol. The lowest BCUT2D eigenvalue weighted by Crippen LogP contribution is -2.47. The fraction of sp³-hybridized carbons (Fsp3) is 0.419. The second-order valence-electron chi connectivity index (χ2n) is 10.9. The Hall–Kier alpha value is -3.74. The van der Waals surface area contributed by atoms with Crippen LogP contribution >= 0.6 is 0 Å². The number of likely N-dealkylation sites (N-methyl/N-ethyl adjacent to an activating group) is 1. The third kappa shape index (κ3) is 6.04. The molecule has 7 heteroatoms. The molecule has 38 heavy (non-hydrogen) atoms. The summed E-state index contributed by atoms with van der Waals surface area (Å²) in [5.41, 5.74) is 11.0. The number of rotatable bonds is 10. The van der Waals surface area contributed by atoms with Crippen molar-refractivity contribution in [3.63, 3.8) is 0 Å². The van der Waals surface area contributed by atoms with Gasteiger partial charge in [-0.25, -0.2) is 9.78 Å². The van der Waals surface area contributed by atoms with Crippen molar-refractivity contribution in [3.05, 3.63) is 77.4 Å². The van der Waals surface area contributed by atoms with E-state index in [1.54, 1.807) is 0 Å². The Kier molecular flexibility index (Phi) is 8.14. The van der Waals surface area contributed by atoms with Gasteiger partial charge in [0.1, 0.15) is 0 Å². The number of nitrogen functional groups attached to an aromatic ring is 1. The van der Waals surface area contributed by atoms with Gasteiger partial charge in [0.05, 0.1) is 12.3 Å². The van der Waals surface area contributed by atoms with E-state index in [-0.39, 0.29) is 11.4 Å². The van der Waals surface area contributed by atoms with E-state index in [2.05, 4.69) is 84.5 Å². The Morgan fingerprint density at radius 1 is 0.947 bits per heavy atom. The molecule has 2 N–H and O–H groups in total. The van der Waals surface area contributed by atoms with Crippen molar-refractivity contribution in [1.82, 2.24) is 9.88 Å². The summed E-state index contributed by atoms with van der Waals surface area (Å²) in [6.45, 7) is 11.7. The van der Waals surface area contributed by atoms with Gasteiger partial charge in [0.15, 0.2) is 17.2 Å². The van der Waals surface area contributed by atoms with Crippen LogP contribution in [0.5, 0.6) is 5.75 Å². The number of ether oxygens (including phenoxy) is 1. The first-order valence-electron chi connectivity index (χ1n) is 13.5. The molecule has 2 aromatic carbocycles. The van der Waals surface area contributed by atoms with Gasteiger partial charge in [-0.2, -0.15) is 5.11 Å². The minimum Gasteiger partial charge on any atom is -0.490 e. The molecule has 0 fully saturated rings. The number of urea groups is 1. The molecule has 1 unspecified atom stereocenters. The summed E-state index contributed by atoms with van der Waals surface area (Å²) in [6, 6.07) is 20.6. The maximum atomic E-state index is 12.5. The average molecular weight is 514 g/mol. The molecule has 2 heterocycles. The average Bonchev–Trinajstić information content (AvgIpc) is 3.20. The Morgan fingerprint density at radius 2 is 1.63 bits per heavy atom. The molecule has 200 valence electrons. The number of carbonyl (C=O) groups excluding carboxylic acids is 1. The van der Waals surface area contributed by atoms with Gasteiger partial charge < -0.3 is 10.5 Å². The van der Waals surface area contributed by atoms with Crippen LogP contribution in [-0.2, 0) is 18.3 Å². The molecule has 0 spiro atoms. The van der Waals surface area contributed by atoms with E-state index in [9.17, 15) is 4.79 Å². The predicted molar refractivity (Wildman–Crippen MR) is 152 cm³/mol. The summed E-state index contributed by atoms with van der Waals surface area (Å²) >= 11 is 0. The molecule has 1 aromatic heterocycles. The van der Waals surface area contributed by atoms with Gasteiger partial charge >= 0.3 is 6.03 Å². The van der Waals surface area contributed by atoms with E-state index in [1.165, 1.54) is 11.1 Å². The minimum absolute atomic E-state index is 0.0971. The third-order valence-electron chi connectivity index (χ3n) is 7.16. The molecule has 0 saturated carbocycles. The minimum atomic E-state index is -0.640. The number of anilines is 1. The van der Waals surface area contributed by atoms with E-state index in [1.807, 2.05) is 30.9 Å². The molecule has 1 atom stereocenters. The second kappa shape index (κ2) is 11.3. The van der Waals surface area contributed by atoms with Crippen molar-refractivity contribution < 1.29 is 9.53 Å². The number of amides is 2. The normalized spacial score (nSPS) is 17.3. The maximum absolute atomic E-state index is 12.5. The first-order valence-corrected chi connectivity index (χ1v) is 13.5. The molecule has 0 saturated heterocycles. The topological polar surface area (TPSA) is 93.2 Å². The van der Waals surface area contributed by atoms with Crippen LogP contribution in [0.3, 0.4) is 0 Å². The first kappa shape index (κ1) is 27.3. The van der Waals surface area contributed by atoms with Crippen LogP contribution in [0, 0.1) is 0 Å². The Labute approximate surface area is 226 Å². The Bertz CT molecular complexity index is 1280. The largest absolute Gasteiger partial charge is 0.490 e. The number of pyridine rings is 1. The van der Waals surface area contributed by atoms with Crippen molar-refractivity contribution in [2.24, 2.45) is 10.2 Å². The SMILES string of the molecule is CCOc1ccc(-c2ccc(CCCC3(Cc4ccc(C(C)(C)C)cc4)N=NC(=O)N3CC)cc2)nc1N. The summed E-state index contributed by atoms with van der Waals surface area (Å²) in [6.07, 6.45) is 3.17. The summed E-state index contributed by atoms with van der Waals surface area (Å²) in [4.78, 5) is 18.8. The zero-order chi connectivity index (χ0) is 27.3. The molecule has 0 bridgehead atoms. The number of hydrogen-bond donors (Lipinski definition) is 1. The van der Waals surface area contributed by atoms with Crippen LogP contribution in [0.15, 0.2) is 70.9 Å². The van der Waals surface area contributed by atoms with Gasteiger partial charge in [0.2, 0.25) is 0 Å². The first-order chi connectivity index (χ1) is 18.1.